The fraction of sp³-hybridized carbons (Fsp3) is 0.609. The third-order valence-electron chi connectivity index (χ3n) is 4.89. The van der Waals surface area contributed by atoms with E-state index in [1.807, 2.05) is 6.07 Å². The van der Waals surface area contributed by atoms with Crippen LogP contribution in [0.1, 0.15) is 63.2 Å². The second-order valence-corrected chi connectivity index (χ2v) is 8.82. The number of nitrogens with one attached hydrogen (secondary N) is 1. The van der Waals surface area contributed by atoms with E-state index in [1.54, 1.807) is 36.0 Å². The highest BCUT2D eigenvalue weighted by atomic mass is 32.2. The predicted octanol–water partition coefficient (Wildman–Crippen LogP) is 3.71. The second kappa shape index (κ2) is 13.4. The highest BCUT2D eigenvalue weighted by Crippen LogP contribution is 2.33. The number of hydrogen-bond acceptors (Lipinski definition) is 7. The zero-order valence-corrected chi connectivity index (χ0v) is 19.3. The van der Waals surface area contributed by atoms with Crippen LogP contribution in [0.3, 0.4) is 0 Å². The molecule has 1 aliphatic rings. The van der Waals surface area contributed by atoms with E-state index >= 15 is 0 Å². The number of amides is 1. The van der Waals surface area contributed by atoms with Gasteiger partial charge in [-0.2, -0.15) is 0 Å². The Morgan fingerprint density at radius 1 is 1.10 bits per heavy atom. The average Bonchev–Trinajstić information content (AvgIpc) is 2.74. The molecule has 0 bridgehead atoms. The maximum Gasteiger partial charge on any atom is 0.338 e. The van der Waals surface area contributed by atoms with Crippen LogP contribution in [0.2, 0.25) is 0 Å². The number of benzene rings is 1. The number of rotatable bonds is 11. The molecule has 1 amide bonds. The predicted molar refractivity (Wildman–Crippen MR) is 120 cm³/mol. The van der Waals surface area contributed by atoms with Crippen LogP contribution >= 0.6 is 11.8 Å². The van der Waals surface area contributed by atoms with Crippen molar-refractivity contribution in [3.8, 4) is 0 Å². The van der Waals surface area contributed by atoms with Crippen molar-refractivity contribution in [2.24, 2.45) is 0 Å². The monoisotopic (exact) mass is 451 g/mol. The minimum atomic E-state index is -0.735. The first kappa shape index (κ1) is 25.2. The molecule has 1 aliphatic heterocycles. The molecule has 172 valence electrons. The van der Waals surface area contributed by atoms with Gasteiger partial charge in [0.1, 0.15) is 11.5 Å². The number of esters is 2. The van der Waals surface area contributed by atoms with Crippen LogP contribution < -0.4 is 5.32 Å². The Morgan fingerprint density at radius 2 is 1.84 bits per heavy atom. The van der Waals surface area contributed by atoms with Gasteiger partial charge in [-0.05, 0) is 24.3 Å². The van der Waals surface area contributed by atoms with Gasteiger partial charge in [0.15, 0.2) is 6.10 Å². The van der Waals surface area contributed by atoms with E-state index in [-0.39, 0.29) is 12.0 Å². The van der Waals surface area contributed by atoms with Crippen molar-refractivity contribution < 1.29 is 28.6 Å². The largest absolute Gasteiger partial charge is 0.458 e. The molecule has 1 N–H and O–H groups in total. The van der Waals surface area contributed by atoms with Gasteiger partial charge in [-0.25, -0.2) is 4.79 Å². The van der Waals surface area contributed by atoms with Crippen LogP contribution in [0.25, 0.3) is 0 Å². The van der Waals surface area contributed by atoms with Crippen LogP contribution in [0.15, 0.2) is 30.3 Å². The molecule has 0 spiro atoms. The van der Waals surface area contributed by atoms with Gasteiger partial charge in [0.2, 0.25) is 5.91 Å². The number of thioether (sulfide) groups is 1. The van der Waals surface area contributed by atoms with Gasteiger partial charge in [0, 0.05) is 26.8 Å². The summed E-state index contributed by atoms with van der Waals surface area (Å²) in [5, 5.41) is 2.75. The van der Waals surface area contributed by atoms with Crippen LogP contribution in [-0.4, -0.2) is 53.9 Å². The summed E-state index contributed by atoms with van der Waals surface area (Å²) in [5.74, 6) is -0.251. The molecule has 0 unspecified atom stereocenters. The molecule has 7 nitrogen and oxygen atoms in total. The summed E-state index contributed by atoms with van der Waals surface area (Å²) in [6.45, 7) is 5.24. The first-order chi connectivity index (χ1) is 14.9. The lowest BCUT2D eigenvalue weighted by atomic mass is 10.0. The molecule has 31 heavy (non-hydrogen) atoms. The van der Waals surface area contributed by atoms with Gasteiger partial charge in [0.25, 0.3) is 0 Å². The highest BCUT2D eigenvalue weighted by molar-refractivity contribution is 7.99. The van der Waals surface area contributed by atoms with Crippen molar-refractivity contribution in [3.05, 3.63) is 35.9 Å². The Balaban J connectivity index is 2.14. The van der Waals surface area contributed by atoms with E-state index in [2.05, 4.69) is 12.2 Å². The van der Waals surface area contributed by atoms with Gasteiger partial charge in [-0.3, -0.25) is 9.59 Å². The molecule has 1 heterocycles. The zero-order valence-electron chi connectivity index (χ0n) is 18.5. The molecule has 0 radical (unpaired) electrons. The van der Waals surface area contributed by atoms with E-state index in [9.17, 15) is 14.4 Å². The fourth-order valence-electron chi connectivity index (χ4n) is 3.37. The molecular formula is C23H33NO6S. The molecule has 1 saturated heterocycles. The average molecular weight is 452 g/mol. The third kappa shape index (κ3) is 8.91. The Morgan fingerprint density at radius 3 is 2.48 bits per heavy atom. The normalized spacial score (nSPS) is 23.1. The summed E-state index contributed by atoms with van der Waals surface area (Å²) in [7, 11) is 0. The smallest absolute Gasteiger partial charge is 0.338 e. The maximum absolute atomic E-state index is 12.7. The van der Waals surface area contributed by atoms with Crippen molar-refractivity contribution in [1.82, 2.24) is 5.32 Å². The lowest BCUT2D eigenvalue weighted by molar-refractivity contribution is -0.176. The minimum absolute atomic E-state index is 0.158. The molecule has 0 aromatic heterocycles. The van der Waals surface area contributed by atoms with Crippen LogP contribution in [0.4, 0.5) is 0 Å². The lowest BCUT2D eigenvalue weighted by Crippen LogP contribution is -2.53. The molecular weight excluding hydrogens is 418 g/mol. The highest BCUT2D eigenvalue weighted by Gasteiger charge is 2.43. The third-order valence-corrected chi connectivity index (χ3v) is 6.12. The van der Waals surface area contributed by atoms with Crippen molar-refractivity contribution in [1.29, 1.82) is 0 Å². The minimum Gasteiger partial charge on any atom is -0.458 e. The fourth-order valence-corrected chi connectivity index (χ4v) is 4.63. The molecule has 1 aromatic rings. The molecule has 1 aromatic carbocycles. The van der Waals surface area contributed by atoms with Crippen molar-refractivity contribution in [2.75, 3.05) is 12.3 Å². The SMILES string of the molecule is CCCCCCS[C@@H]1O[C@@H](CNC(C)=O)C[C@@H](OC(C)=O)[C@H]1OC(=O)c1ccccc1. The Hall–Kier alpha value is -2.06. The standard InChI is InChI=1S/C23H33NO6S/c1-4-5-6-10-13-31-23-21(30-22(27)18-11-8-7-9-12-18)20(28-17(3)26)14-19(29-23)15-24-16(2)25/h7-9,11-12,19-21,23H,4-6,10,13-15H2,1-3H3,(H,24,25)/t19-,20-,21-,23+/m1/s1. The van der Waals surface area contributed by atoms with Gasteiger partial charge in [-0.1, -0.05) is 44.4 Å². The second-order valence-electron chi connectivity index (χ2n) is 7.61. The molecule has 2 rings (SSSR count). The van der Waals surface area contributed by atoms with E-state index in [0.29, 0.717) is 18.5 Å². The first-order valence-corrected chi connectivity index (χ1v) is 11.9. The zero-order chi connectivity index (χ0) is 22.6. The molecule has 4 atom stereocenters. The van der Waals surface area contributed by atoms with Gasteiger partial charge >= 0.3 is 11.9 Å². The Kier molecular flexibility index (Phi) is 10.9. The van der Waals surface area contributed by atoms with Gasteiger partial charge in [0.05, 0.1) is 11.7 Å². The summed E-state index contributed by atoms with van der Waals surface area (Å²) in [4.78, 5) is 35.8. The van der Waals surface area contributed by atoms with E-state index < -0.39 is 29.6 Å². The molecule has 8 heteroatoms. The van der Waals surface area contributed by atoms with Gasteiger partial charge < -0.3 is 19.5 Å². The number of carbonyl (C=O) groups excluding carboxylic acids is 3. The van der Waals surface area contributed by atoms with E-state index in [0.717, 1.165) is 25.0 Å². The van der Waals surface area contributed by atoms with Crippen molar-refractivity contribution in [3.63, 3.8) is 0 Å². The summed E-state index contributed by atoms with van der Waals surface area (Å²) < 4.78 is 17.5. The molecule has 0 aliphatic carbocycles. The maximum atomic E-state index is 12.7. The first-order valence-electron chi connectivity index (χ1n) is 10.9. The number of hydrogen-bond donors (Lipinski definition) is 1. The number of carbonyl (C=O) groups is 3. The van der Waals surface area contributed by atoms with Crippen LogP contribution in [-0.2, 0) is 23.8 Å². The topological polar surface area (TPSA) is 90.9 Å². The Labute approximate surface area is 188 Å². The summed E-state index contributed by atoms with van der Waals surface area (Å²) >= 11 is 1.56. The number of unbranched alkanes of at least 4 members (excludes halogenated alkanes) is 3. The van der Waals surface area contributed by atoms with E-state index in [1.165, 1.54) is 20.3 Å². The van der Waals surface area contributed by atoms with Gasteiger partial charge in [-0.15, -0.1) is 11.8 Å². The van der Waals surface area contributed by atoms with Crippen LogP contribution in [0.5, 0.6) is 0 Å². The summed E-state index contributed by atoms with van der Waals surface area (Å²) in [5.41, 5.74) is -0.0673. The summed E-state index contributed by atoms with van der Waals surface area (Å²) in [6, 6.07) is 8.71. The van der Waals surface area contributed by atoms with E-state index in [4.69, 9.17) is 14.2 Å². The van der Waals surface area contributed by atoms with Crippen LogP contribution in [0, 0.1) is 0 Å². The molecule has 1 fully saturated rings. The summed E-state index contributed by atoms with van der Waals surface area (Å²) in [6.07, 6.45) is 3.06. The Bertz CT molecular complexity index is 713. The van der Waals surface area contributed by atoms with Crippen molar-refractivity contribution >= 4 is 29.6 Å². The quantitative estimate of drug-likeness (QED) is 0.405. The lowest BCUT2D eigenvalue weighted by Gasteiger charge is -2.40. The molecule has 0 saturated carbocycles. The number of ether oxygens (including phenoxy) is 3. The van der Waals surface area contributed by atoms with Crippen molar-refractivity contribution in [2.45, 2.75) is 76.6 Å².